The van der Waals surface area contributed by atoms with E-state index in [0.29, 0.717) is 5.41 Å². The van der Waals surface area contributed by atoms with E-state index in [2.05, 4.69) is 47.9 Å². The maximum Gasteiger partial charge on any atom is 0.191 e. The van der Waals surface area contributed by atoms with Gasteiger partial charge >= 0.3 is 0 Å². The third-order valence-electron chi connectivity index (χ3n) is 4.26. The van der Waals surface area contributed by atoms with Crippen molar-refractivity contribution in [3.63, 3.8) is 0 Å². The summed E-state index contributed by atoms with van der Waals surface area (Å²) in [7, 11) is 0. The highest BCUT2D eigenvalue weighted by molar-refractivity contribution is 14.0. The fourth-order valence-corrected chi connectivity index (χ4v) is 2.71. The molecule has 0 saturated heterocycles. The van der Waals surface area contributed by atoms with E-state index in [-0.39, 0.29) is 24.0 Å². The van der Waals surface area contributed by atoms with Crippen LogP contribution in [-0.2, 0) is 11.2 Å². The second kappa shape index (κ2) is 11.7. The minimum atomic E-state index is 0. The van der Waals surface area contributed by atoms with Gasteiger partial charge in [0.1, 0.15) is 0 Å². The van der Waals surface area contributed by atoms with Crippen molar-refractivity contribution in [3.8, 4) is 0 Å². The lowest BCUT2D eigenvalue weighted by Crippen LogP contribution is -2.38. The molecule has 4 nitrogen and oxygen atoms in total. The average Bonchev–Trinajstić information content (AvgIpc) is 3.33. The highest BCUT2D eigenvalue weighted by Crippen LogP contribution is 2.48. The molecule has 1 aliphatic carbocycles. The Bertz CT molecular complexity index is 475. The number of rotatable bonds is 10. The van der Waals surface area contributed by atoms with Gasteiger partial charge in [0.25, 0.3) is 0 Å². The molecule has 2 rings (SSSR count). The van der Waals surface area contributed by atoms with Crippen LogP contribution in [-0.4, -0.2) is 38.8 Å². The summed E-state index contributed by atoms with van der Waals surface area (Å²) in [6.07, 6.45) is 4.72. The van der Waals surface area contributed by atoms with E-state index >= 15 is 0 Å². The topological polar surface area (TPSA) is 45.7 Å². The molecule has 24 heavy (non-hydrogen) atoms. The highest BCUT2D eigenvalue weighted by atomic mass is 127. The fraction of sp³-hybridized carbons (Fsp3) is 0.632. The first-order valence-electron chi connectivity index (χ1n) is 8.92. The molecule has 0 amide bonds. The van der Waals surface area contributed by atoms with Crippen molar-refractivity contribution in [2.75, 3.05) is 32.8 Å². The minimum Gasteiger partial charge on any atom is -0.382 e. The summed E-state index contributed by atoms with van der Waals surface area (Å²) in [6, 6.07) is 10.8. The number of halogens is 1. The van der Waals surface area contributed by atoms with Crippen LogP contribution in [0.2, 0.25) is 0 Å². The Morgan fingerprint density at radius 2 is 1.92 bits per heavy atom. The van der Waals surface area contributed by atoms with Crippen molar-refractivity contribution in [1.82, 2.24) is 10.6 Å². The number of hydrogen-bond acceptors (Lipinski definition) is 2. The Morgan fingerprint density at radius 1 is 1.17 bits per heavy atom. The standard InChI is InChI=1S/C19H31N3O.HI/c1-3-20-18(21-13-8-14-23-4-2)22-16-19(11-12-19)15-17-9-6-5-7-10-17;/h5-7,9-10H,3-4,8,11-16H2,1-2H3,(H2,20,21,22);1H. The Labute approximate surface area is 163 Å². The summed E-state index contributed by atoms with van der Waals surface area (Å²) in [6.45, 7) is 8.43. The lowest BCUT2D eigenvalue weighted by atomic mass is 9.97. The second-order valence-corrected chi connectivity index (χ2v) is 6.33. The maximum atomic E-state index is 5.37. The van der Waals surface area contributed by atoms with Gasteiger partial charge in [0.05, 0.1) is 0 Å². The number of benzene rings is 1. The van der Waals surface area contributed by atoms with Crippen molar-refractivity contribution in [2.24, 2.45) is 10.4 Å². The number of ether oxygens (including phenoxy) is 1. The van der Waals surface area contributed by atoms with Gasteiger partial charge in [0.2, 0.25) is 0 Å². The number of guanidine groups is 1. The first-order chi connectivity index (χ1) is 11.3. The molecule has 0 aliphatic heterocycles. The molecule has 0 unspecified atom stereocenters. The van der Waals surface area contributed by atoms with Crippen LogP contribution in [0.15, 0.2) is 35.3 Å². The molecule has 1 aliphatic rings. The molecule has 0 radical (unpaired) electrons. The van der Waals surface area contributed by atoms with E-state index in [9.17, 15) is 0 Å². The molecule has 0 bridgehead atoms. The third kappa shape index (κ3) is 7.83. The molecule has 1 fully saturated rings. The molecule has 0 aromatic heterocycles. The number of nitrogens with zero attached hydrogens (tertiary/aromatic N) is 1. The zero-order chi connectivity index (χ0) is 16.4. The quantitative estimate of drug-likeness (QED) is 0.250. The van der Waals surface area contributed by atoms with Gasteiger partial charge < -0.3 is 15.4 Å². The lowest BCUT2D eigenvalue weighted by molar-refractivity contribution is 0.145. The van der Waals surface area contributed by atoms with E-state index in [1.54, 1.807) is 0 Å². The summed E-state index contributed by atoms with van der Waals surface area (Å²) in [5, 5.41) is 6.74. The van der Waals surface area contributed by atoms with Gasteiger partial charge in [-0.05, 0) is 50.5 Å². The van der Waals surface area contributed by atoms with E-state index in [0.717, 1.165) is 51.6 Å². The van der Waals surface area contributed by atoms with Crippen molar-refractivity contribution < 1.29 is 4.74 Å². The van der Waals surface area contributed by atoms with E-state index < -0.39 is 0 Å². The molecule has 0 atom stereocenters. The minimum absolute atomic E-state index is 0. The number of nitrogens with one attached hydrogen (secondary N) is 2. The molecule has 1 aromatic rings. The summed E-state index contributed by atoms with van der Waals surface area (Å²) in [5.41, 5.74) is 1.81. The first kappa shape index (κ1) is 21.2. The molecule has 1 aromatic carbocycles. The molecular formula is C19H32IN3O. The van der Waals surface area contributed by atoms with Crippen LogP contribution in [0.5, 0.6) is 0 Å². The smallest absolute Gasteiger partial charge is 0.191 e. The van der Waals surface area contributed by atoms with Crippen LogP contribution in [0.4, 0.5) is 0 Å². The van der Waals surface area contributed by atoms with Gasteiger partial charge in [-0.3, -0.25) is 4.99 Å². The highest BCUT2D eigenvalue weighted by Gasteiger charge is 2.42. The third-order valence-corrected chi connectivity index (χ3v) is 4.26. The largest absolute Gasteiger partial charge is 0.382 e. The molecule has 1 saturated carbocycles. The van der Waals surface area contributed by atoms with E-state index in [1.165, 1.54) is 18.4 Å². The van der Waals surface area contributed by atoms with E-state index in [1.807, 2.05) is 6.92 Å². The molecule has 136 valence electrons. The Morgan fingerprint density at radius 3 is 2.54 bits per heavy atom. The van der Waals surface area contributed by atoms with Crippen molar-refractivity contribution in [1.29, 1.82) is 0 Å². The van der Waals surface area contributed by atoms with Gasteiger partial charge in [-0.1, -0.05) is 30.3 Å². The zero-order valence-electron chi connectivity index (χ0n) is 15.0. The molecule has 5 heteroatoms. The summed E-state index contributed by atoms with van der Waals surface area (Å²) in [5.74, 6) is 0.934. The summed E-state index contributed by atoms with van der Waals surface area (Å²) in [4.78, 5) is 4.82. The van der Waals surface area contributed by atoms with Gasteiger partial charge in [0, 0.05) is 32.8 Å². The summed E-state index contributed by atoms with van der Waals surface area (Å²) >= 11 is 0. The normalized spacial score (nSPS) is 15.5. The van der Waals surface area contributed by atoms with Crippen LogP contribution in [0, 0.1) is 5.41 Å². The Hall–Kier alpha value is -0.820. The van der Waals surface area contributed by atoms with Gasteiger partial charge in [0.15, 0.2) is 5.96 Å². The van der Waals surface area contributed by atoms with E-state index in [4.69, 9.17) is 9.73 Å². The summed E-state index contributed by atoms with van der Waals surface area (Å²) < 4.78 is 5.37. The van der Waals surface area contributed by atoms with Crippen LogP contribution in [0.3, 0.4) is 0 Å². The Kier molecular flexibility index (Phi) is 10.3. The van der Waals surface area contributed by atoms with Crippen LogP contribution < -0.4 is 10.6 Å². The van der Waals surface area contributed by atoms with Crippen molar-refractivity contribution in [3.05, 3.63) is 35.9 Å². The van der Waals surface area contributed by atoms with Gasteiger partial charge in [-0.2, -0.15) is 0 Å². The predicted octanol–water partition coefficient (Wildman–Crippen LogP) is 3.61. The number of aliphatic imine (C=N–C) groups is 1. The lowest BCUT2D eigenvalue weighted by Gasteiger charge is -2.15. The van der Waals surface area contributed by atoms with Crippen molar-refractivity contribution in [2.45, 2.75) is 39.5 Å². The zero-order valence-corrected chi connectivity index (χ0v) is 17.3. The average molecular weight is 445 g/mol. The van der Waals surface area contributed by atoms with Crippen LogP contribution in [0.25, 0.3) is 0 Å². The SMILES string of the molecule is CCNC(=NCC1(Cc2ccccc2)CC1)NCCCOCC.I. The number of hydrogen-bond donors (Lipinski definition) is 2. The predicted molar refractivity (Wildman–Crippen MR) is 112 cm³/mol. The molecule has 0 spiro atoms. The Balaban J connectivity index is 0.00000288. The fourth-order valence-electron chi connectivity index (χ4n) is 2.71. The van der Waals surface area contributed by atoms with Gasteiger partial charge in [-0.25, -0.2) is 0 Å². The van der Waals surface area contributed by atoms with Gasteiger partial charge in [-0.15, -0.1) is 24.0 Å². The molecule has 2 N–H and O–H groups in total. The molecule has 0 heterocycles. The maximum absolute atomic E-state index is 5.37. The first-order valence-corrected chi connectivity index (χ1v) is 8.92. The second-order valence-electron chi connectivity index (χ2n) is 6.33. The monoisotopic (exact) mass is 445 g/mol. The van der Waals surface area contributed by atoms with Crippen molar-refractivity contribution >= 4 is 29.9 Å². The van der Waals surface area contributed by atoms with Crippen LogP contribution >= 0.6 is 24.0 Å². The van der Waals surface area contributed by atoms with Crippen LogP contribution in [0.1, 0.15) is 38.7 Å². The molecular weight excluding hydrogens is 413 g/mol.